The van der Waals surface area contributed by atoms with Crippen LogP contribution in [0.15, 0.2) is 54.6 Å². The van der Waals surface area contributed by atoms with Crippen molar-refractivity contribution in [3.63, 3.8) is 0 Å². The van der Waals surface area contributed by atoms with Gasteiger partial charge in [0.25, 0.3) is 0 Å². The van der Waals surface area contributed by atoms with Gasteiger partial charge in [0.2, 0.25) is 5.91 Å². The van der Waals surface area contributed by atoms with E-state index in [0.29, 0.717) is 13.2 Å². The molecule has 0 spiro atoms. The molecule has 0 aliphatic carbocycles. The van der Waals surface area contributed by atoms with E-state index in [1.807, 2.05) is 68.7 Å². The summed E-state index contributed by atoms with van der Waals surface area (Å²) in [6.07, 6.45) is 0. The van der Waals surface area contributed by atoms with E-state index in [1.54, 1.807) is 6.92 Å². The van der Waals surface area contributed by atoms with E-state index in [2.05, 4.69) is 10.2 Å². The SMILES string of the molecule is CN(C)CCOc1cccc(CNC(=O)C(C)(N)c2ccccc2)c1. The molecule has 3 N–H and O–H groups in total. The monoisotopic (exact) mass is 341 g/mol. The van der Waals surface area contributed by atoms with Crippen molar-refractivity contribution in [2.75, 3.05) is 27.2 Å². The molecule has 0 fully saturated rings. The summed E-state index contributed by atoms with van der Waals surface area (Å²) < 4.78 is 5.72. The number of hydrogen-bond acceptors (Lipinski definition) is 4. The lowest BCUT2D eigenvalue weighted by Crippen LogP contribution is -2.48. The normalized spacial score (nSPS) is 13.3. The van der Waals surface area contributed by atoms with Crippen LogP contribution in [0.2, 0.25) is 0 Å². The van der Waals surface area contributed by atoms with E-state index in [-0.39, 0.29) is 5.91 Å². The first-order valence-corrected chi connectivity index (χ1v) is 8.39. The van der Waals surface area contributed by atoms with Crippen molar-refractivity contribution >= 4 is 5.91 Å². The van der Waals surface area contributed by atoms with Gasteiger partial charge in [-0.05, 0) is 44.3 Å². The molecule has 1 atom stereocenters. The zero-order chi connectivity index (χ0) is 18.3. The van der Waals surface area contributed by atoms with Gasteiger partial charge in [-0.2, -0.15) is 0 Å². The molecule has 25 heavy (non-hydrogen) atoms. The van der Waals surface area contributed by atoms with E-state index in [0.717, 1.165) is 23.4 Å². The molecule has 5 heteroatoms. The number of rotatable bonds is 8. The van der Waals surface area contributed by atoms with Crippen molar-refractivity contribution in [1.29, 1.82) is 0 Å². The maximum Gasteiger partial charge on any atom is 0.244 e. The zero-order valence-corrected chi connectivity index (χ0v) is 15.2. The minimum Gasteiger partial charge on any atom is -0.492 e. The first kappa shape index (κ1) is 19.0. The molecular weight excluding hydrogens is 314 g/mol. The van der Waals surface area contributed by atoms with Gasteiger partial charge in [0.1, 0.15) is 17.9 Å². The van der Waals surface area contributed by atoms with Crippen molar-refractivity contribution in [3.8, 4) is 5.75 Å². The lowest BCUT2D eigenvalue weighted by atomic mass is 9.92. The highest BCUT2D eigenvalue weighted by molar-refractivity contribution is 5.86. The second kappa shape index (κ2) is 8.65. The minimum atomic E-state index is -1.07. The molecular formula is C20H27N3O2. The van der Waals surface area contributed by atoms with Crippen LogP contribution < -0.4 is 15.8 Å². The molecule has 0 radical (unpaired) electrons. The van der Waals surface area contributed by atoms with Crippen molar-refractivity contribution < 1.29 is 9.53 Å². The Kier molecular flexibility index (Phi) is 6.56. The molecule has 0 aromatic heterocycles. The van der Waals surface area contributed by atoms with E-state index in [4.69, 9.17) is 10.5 Å². The van der Waals surface area contributed by atoms with Gasteiger partial charge >= 0.3 is 0 Å². The number of amides is 1. The van der Waals surface area contributed by atoms with Crippen LogP contribution in [0.5, 0.6) is 5.75 Å². The average molecular weight is 341 g/mol. The van der Waals surface area contributed by atoms with E-state index >= 15 is 0 Å². The summed E-state index contributed by atoms with van der Waals surface area (Å²) in [6, 6.07) is 17.1. The predicted octanol–water partition coefficient (Wildman–Crippen LogP) is 2.12. The molecule has 134 valence electrons. The second-order valence-corrected chi connectivity index (χ2v) is 6.55. The number of carbonyl (C=O) groups excluding carboxylic acids is 1. The number of hydrogen-bond donors (Lipinski definition) is 2. The van der Waals surface area contributed by atoms with Gasteiger partial charge in [0.05, 0.1) is 0 Å². The van der Waals surface area contributed by atoms with Crippen molar-refractivity contribution in [3.05, 3.63) is 65.7 Å². The molecule has 0 bridgehead atoms. The molecule has 0 heterocycles. The maximum atomic E-state index is 12.5. The van der Waals surface area contributed by atoms with Crippen LogP contribution >= 0.6 is 0 Å². The third-order valence-corrected chi connectivity index (χ3v) is 4.00. The van der Waals surface area contributed by atoms with E-state index in [9.17, 15) is 4.79 Å². The summed E-state index contributed by atoms with van der Waals surface area (Å²) in [6.45, 7) is 3.60. The Morgan fingerprint density at radius 1 is 1.16 bits per heavy atom. The van der Waals surface area contributed by atoms with Crippen LogP contribution in [0.3, 0.4) is 0 Å². The second-order valence-electron chi connectivity index (χ2n) is 6.55. The van der Waals surface area contributed by atoms with Gasteiger partial charge in [-0.1, -0.05) is 42.5 Å². The molecule has 0 saturated heterocycles. The summed E-state index contributed by atoms with van der Waals surface area (Å²) in [5.74, 6) is 0.588. The quantitative estimate of drug-likeness (QED) is 0.772. The third-order valence-electron chi connectivity index (χ3n) is 4.00. The molecule has 5 nitrogen and oxygen atoms in total. The van der Waals surface area contributed by atoms with Crippen molar-refractivity contribution in [2.24, 2.45) is 5.73 Å². The fourth-order valence-corrected chi connectivity index (χ4v) is 2.37. The third kappa shape index (κ3) is 5.59. The predicted molar refractivity (Wildman–Crippen MR) is 100 cm³/mol. The Balaban J connectivity index is 1.93. The summed E-state index contributed by atoms with van der Waals surface area (Å²) >= 11 is 0. The first-order chi connectivity index (χ1) is 11.9. The van der Waals surface area contributed by atoms with Crippen LogP contribution in [-0.4, -0.2) is 38.1 Å². The number of nitrogens with zero attached hydrogens (tertiary/aromatic N) is 1. The standard InChI is InChI=1S/C20H27N3O2/c1-20(21,17-9-5-4-6-10-17)19(24)22-15-16-8-7-11-18(14-16)25-13-12-23(2)3/h4-11,14H,12-13,15,21H2,1-3H3,(H,22,24). The fraction of sp³-hybridized carbons (Fsp3) is 0.350. The molecule has 2 rings (SSSR count). The Bertz CT molecular complexity index is 684. The zero-order valence-electron chi connectivity index (χ0n) is 15.2. The number of benzene rings is 2. The Hall–Kier alpha value is -2.37. The Labute approximate surface area is 149 Å². The molecule has 0 aliphatic heterocycles. The summed E-state index contributed by atoms with van der Waals surface area (Å²) in [7, 11) is 4.01. The molecule has 1 amide bonds. The van der Waals surface area contributed by atoms with Crippen LogP contribution in [0, 0.1) is 0 Å². The lowest BCUT2D eigenvalue weighted by molar-refractivity contribution is -0.126. The number of ether oxygens (including phenoxy) is 1. The van der Waals surface area contributed by atoms with Gasteiger partial charge < -0.3 is 20.7 Å². The van der Waals surface area contributed by atoms with Gasteiger partial charge in [-0.3, -0.25) is 4.79 Å². The maximum absolute atomic E-state index is 12.5. The van der Waals surface area contributed by atoms with Gasteiger partial charge in [-0.15, -0.1) is 0 Å². The molecule has 0 aliphatic rings. The topological polar surface area (TPSA) is 67.6 Å². The highest BCUT2D eigenvalue weighted by Gasteiger charge is 2.29. The smallest absolute Gasteiger partial charge is 0.244 e. The average Bonchev–Trinajstić information content (AvgIpc) is 2.60. The summed E-state index contributed by atoms with van der Waals surface area (Å²) in [5, 5.41) is 2.91. The van der Waals surface area contributed by atoms with Crippen LogP contribution in [0.4, 0.5) is 0 Å². The number of nitrogens with two attached hydrogens (primary N) is 1. The molecule has 2 aromatic rings. The highest BCUT2D eigenvalue weighted by atomic mass is 16.5. The lowest BCUT2D eigenvalue weighted by Gasteiger charge is -2.24. The number of carbonyl (C=O) groups is 1. The summed E-state index contributed by atoms with van der Waals surface area (Å²) in [5.41, 5.74) is 6.92. The van der Waals surface area contributed by atoms with Gasteiger partial charge in [-0.25, -0.2) is 0 Å². The van der Waals surface area contributed by atoms with Gasteiger partial charge in [0.15, 0.2) is 0 Å². The molecule has 1 unspecified atom stereocenters. The van der Waals surface area contributed by atoms with E-state index in [1.165, 1.54) is 0 Å². The van der Waals surface area contributed by atoms with Crippen LogP contribution in [-0.2, 0) is 16.9 Å². The van der Waals surface area contributed by atoms with Gasteiger partial charge in [0, 0.05) is 13.1 Å². The first-order valence-electron chi connectivity index (χ1n) is 8.39. The summed E-state index contributed by atoms with van der Waals surface area (Å²) in [4.78, 5) is 14.6. The molecule has 2 aromatic carbocycles. The van der Waals surface area contributed by atoms with Crippen molar-refractivity contribution in [1.82, 2.24) is 10.2 Å². The Morgan fingerprint density at radius 3 is 2.56 bits per heavy atom. The fourth-order valence-electron chi connectivity index (χ4n) is 2.37. The van der Waals surface area contributed by atoms with Crippen LogP contribution in [0.25, 0.3) is 0 Å². The Morgan fingerprint density at radius 2 is 1.88 bits per heavy atom. The highest BCUT2D eigenvalue weighted by Crippen LogP contribution is 2.18. The largest absolute Gasteiger partial charge is 0.492 e. The number of likely N-dealkylation sites (N-methyl/N-ethyl adjacent to an activating group) is 1. The molecule has 0 saturated carbocycles. The number of nitrogens with one attached hydrogen (secondary N) is 1. The van der Waals surface area contributed by atoms with E-state index < -0.39 is 5.54 Å². The minimum absolute atomic E-state index is 0.211. The van der Waals surface area contributed by atoms with Crippen molar-refractivity contribution in [2.45, 2.75) is 19.0 Å². The van der Waals surface area contributed by atoms with Crippen LogP contribution in [0.1, 0.15) is 18.1 Å².